The smallest absolute Gasteiger partial charge is 0.0892 e. The van der Waals surface area contributed by atoms with Gasteiger partial charge in [0.05, 0.1) is 11.4 Å². The minimum atomic E-state index is 0.693. The van der Waals surface area contributed by atoms with Crippen LogP contribution in [0.3, 0.4) is 0 Å². The second-order valence-electron chi connectivity index (χ2n) is 4.95. The summed E-state index contributed by atoms with van der Waals surface area (Å²) in [7, 11) is 0. The molecule has 0 bridgehead atoms. The van der Waals surface area contributed by atoms with Crippen LogP contribution in [0, 0.1) is 13.8 Å². The van der Waals surface area contributed by atoms with Gasteiger partial charge in [-0.15, -0.1) is 0 Å². The van der Waals surface area contributed by atoms with Gasteiger partial charge in [-0.2, -0.15) is 0 Å². The number of pyridine rings is 2. The molecule has 0 atom stereocenters. The second-order valence-corrected chi connectivity index (χ2v) is 4.95. The largest absolute Gasteiger partial charge is 0.255 e. The van der Waals surface area contributed by atoms with E-state index < -0.39 is 0 Å². The third-order valence-electron chi connectivity index (χ3n) is 3.16. The number of nitrogens with zero attached hydrogens (tertiary/aromatic N) is 2. The average molecular weight is 224 g/mol. The molecule has 1 saturated carbocycles. The highest BCUT2D eigenvalue weighted by Gasteiger charge is 2.25. The van der Waals surface area contributed by atoms with Crippen LogP contribution in [0.4, 0.5) is 0 Å². The number of rotatable bonds is 2. The lowest BCUT2D eigenvalue weighted by Gasteiger charge is -2.06. The normalized spacial score (nSPS) is 14.9. The van der Waals surface area contributed by atoms with E-state index in [0.717, 1.165) is 11.4 Å². The Hall–Kier alpha value is -1.70. The van der Waals surface area contributed by atoms with Crippen LogP contribution in [0.25, 0.3) is 11.4 Å². The van der Waals surface area contributed by atoms with Crippen LogP contribution in [0.5, 0.6) is 0 Å². The zero-order valence-electron chi connectivity index (χ0n) is 10.3. The van der Waals surface area contributed by atoms with Crippen LogP contribution in [0.2, 0.25) is 0 Å². The summed E-state index contributed by atoms with van der Waals surface area (Å²) in [6.45, 7) is 4.22. The van der Waals surface area contributed by atoms with Crippen molar-refractivity contribution >= 4 is 0 Å². The molecule has 1 aliphatic carbocycles. The lowest BCUT2D eigenvalue weighted by Crippen LogP contribution is -1.94. The van der Waals surface area contributed by atoms with Crippen molar-refractivity contribution in [2.24, 2.45) is 0 Å². The Morgan fingerprint density at radius 3 is 2.47 bits per heavy atom. The Labute approximate surface area is 102 Å². The highest BCUT2D eigenvalue weighted by atomic mass is 14.8. The van der Waals surface area contributed by atoms with E-state index in [2.05, 4.69) is 37.0 Å². The molecule has 2 aromatic heterocycles. The summed E-state index contributed by atoms with van der Waals surface area (Å²) < 4.78 is 0. The first-order valence-corrected chi connectivity index (χ1v) is 6.14. The summed E-state index contributed by atoms with van der Waals surface area (Å²) in [6.07, 6.45) is 4.43. The highest BCUT2D eigenvalue weighted by molar-refractivity contribution is 5.56. The van der Waals surface area contributed by atoms with Crippen LogP contribution < -0.4 is 0 Å². The van der Waals surface area contributed by atoms with Gasteiger partial charge in [-0.05, 0) is 62.1 Å². The Morgan fingerprint density at radius 2 is 1.76 bits per heavy atom. The lowest BCUT2D eigenvalue weighted by atomic mass is 10.1. The quantitative estimate of drug-likeness (QED) is 0.778. The lowest BCUT2D eigenvalue weighted by molar-refractivity contribution is 1.01. The zero-order chi connectivity index (χ0) is 11.8. The van der Waals surface area contributed by atoms with E-state index in [4.69, 9.17) is 4.98 Å². The van der Waals surface area contributed by atoms with E-state index in [9.17, 15) is 0 Å². The summed E-state index contributed by atoms with van der Waals surface area (Å²) in [4.78, 5) is 9.15. The van der Waals surface area contributed by atoms with E-state index in [1.807, 2.05) is 12.3 Å². The minimum Gasteiger partial charge on any atom is -0.255 e. The highest BCUT2D eigenvalue weighted by Crippen LogP contribution is 2.39. The van der Waals surface area contributed by atoms with Gasteiger partial charge >= 0.3 is 0 Å². The molecule has 2 heterocycles. The van der Waals surface area contributed by atoms with Gasteiger partial charge in [0.2, 0.25) is 0 Å². The molecule has 0 aromatic carbocycles. The Bertz CT molecular complexity index is 557. The monoisotopic (exact) mass is 224 g/mol. The van der Waals surface area contributed by atoms with Gasteiger partial charge in [-0.1, -0.05) is 0 Å². The molecule has 2 heteroatoms. The Morgan fingerprint density at radius 1 is 1.00 bits per heavy atom. The van der Waals surface area contributed by atoms with Crippen LogP contribution in [0.15, 0.2) is 30.5 Å². The van der Waals surface area contributed by atoms with Crippen molar-refractivity contribution in [3.63, 3.8) is 0 Å². The molecule has 0 spiro atoms. The van der Waals surface area contributed by atoms with Crippen molar-refractivity contribution in [2.75, 3.05) is 0 Å². The molecule has 0 amide bonds. The van der Waals surface area contributed by atoms with Gasteiger partial charge < -0.3 is 0 Å². The molecule has 0 aliphatic heterocycles. The van der Waals surface area contributed by atoms with Gasteiger partial charge in [0.1, 0.15) is 0 Å². The molecule has 17 heavy (non-hydrogen) atoms. The van der Waals surface area contributed by atoms with E-state index in [1.54, 1.807) is 0 Å². The van der Waals surface area contributed by atoms with E-state index in [1.165, 1.54) is 29.7 Å². The first-order valence-electron chi connectivity index (χ1n) is 6.14. The molecule has 0 radical (unpaired) electrons. The molecule has 86 valence electrons. The minimum absolute atomic E-state index is 0.693. The standard InChI is InChI=1S/C15H16N2/c1-10-5-6-16-14(7-10)15-9-11(2)8-13(17-15)12-3-4-12/h5-9,12H,3-4H2,1-2H3. The van der Waals surface area contributed by atoms with Gasteiger partial charge in [0, 0.05) is 17.8 Å². The van der Waals surface area contributed by atoms with E-state index in [0.29, 0.717) is 5.92 Å². The number of aryl methyl sites for hydroxylation is 2. The topological polar surface area (TPSA) is 25.8 Å². The van der Waals surface area contributed by atoms with Crippen molar-refractivity contribution in [3.8, 4) is 11.4 Å². The van der Waals surface area contributed by atoms with Crippen molar-refractivity contribution in [3.05, 3.63) is 47.3 Å². The number of hydrogen-bond acceptors (Lipinski definition) is 2. The van der Waals surface area contributed by atoms with Crippen LogP contribution in [-0.2, 0) is 0 Å². The summed E-state index contributed by atoms with van der Waals surface area (Å²) in [5.74, 6) is 0.693. The molecule has 3 rings (SSSR count). The van der Waals surface area contributed by atoms with Crippen LogP contribution >= 0.6 is 0 Å². The number of hydrogen-bond donors (Lipinski definition) is 0. The first kappa shape index (κ1) is 10.5. The van der Waals surface area contributed by atoms with E-state index >= 15 is 0 Å². The third kappa shape index (κ3) is 2.21. The van der Waals surface area contributed by atoms with Crippen LogP contribution in [0.1, 0.15) is 35.6 Å². The molecular weight excluding hydrogens is 208 g/mol. The molecule has 0 saturated heterocycles. The predicted octanol–water partition coefficient (Wildman–Crippen LogP) is 3.64. The maximum absolute atomic E-state index is 4.74. The van der Waals surface area contributed by atoms with Crippen molar-refractivity contribution in [2.45, 2.75) is 32.6 Å². The molecular formula is C15H16N2. The summed E-state index contributed by atoms with van der Waals surface area (Å²) in [5, 5.41) is 0. The maximum Gasteiger partial charge on any atom is 0.0892 e. The maximum atomic E-state index is 4.74. The van der Waals surface area contributed by atoms with E-state index in [-0.39, 0.29) is 0 Å². The second kappa shape index (κ2) is 3.95. The van der Waals surface area contributed by atoms with Gasteiger partial charge in [-0.3, -0.25) is 9.97 Å². The zero-order valence-corrected chi connectivity index (χ0v) is 10.3. The van der Waals surface area contributed by atoms with Crippen molar-refractivity contribution in [1.29, 1.82) is 0 Å². The first-order chi connectivity index (χ1) is 8.22. The fourth-order valence-electron chi connectivity index (χ4n) is 2.09. The van der Waals surface area contributed by atoms with Crippen molar-refractivity contribution < 1.29 is 0 Å². The molecule has 1 aliphatic rings. The summed E-state index contributed by atoms with van der Waals surface area (Å²) >= 11 is 0. The van der Waals surface area contributed by atoms with Crippen LogP contribution in [-0.4, -0.2) is 9.97 Å². The fourth-order valence-corrected chi connectivity index (χ4v) is 2.09. The fraction of sp³-hybridized carbons (Fsp3) is 0.333. The van der Waals surface area contributed by atoms with Crippen molar-refractivity contribution in [1.82, 2.24) is 9.97 Å². The summed E-state index contributed by atoms with van der Waals surface area (Å²) in [6, 6.07) is 8.43. The SMILES string of the molecule is Cc1ccnc(-c2cc(C)cc(C3CC3)n2)c1. The third-order valence-corrected chi connectivity index (χ3v) is 3.16. The molecule has 0 N–H and O–H groups in total. The molecule has 2 nitrogen and oxygen atoms in total. The Balaban J connectivity index is 2.07. The average Bonchev–Trinajstić information content (AvgIpc) is 3.12. The van der Waals surface area contributed by atoms with Gasteiger partial charge in [-0.25, -0.2) is 0 Å². The number of aromatic nitrogens is 2. The summed E-state index contributed by atoms with van der Waals surface area (Å²) in [5.41, 5.74) is 5.74. The predicted molar refractivity (Wildman–Crippen MR) is 68.9 cm³/mol. The van der Waals surface area contributed by atoms with Gasteiger partial charge in [0.25, 0.3) is 0 Å². The molecule has 2 aromatic rings. The molecule has 0 unspecified atom stereocenters. The van der Waals surface area contributed by atoms with Gasteiger partial charge in [0.15, 0.2) is 0 Å². The molecule has 1 fully saturated rings. The Kier molecular flexibility index (Phi) is 2.43.